The molecule has 22 heavy (non-hydrogen) atoms. The third kappa shape index (κ3) is 3.54. The average molecular weight is 365 g/mol. The Morgan fingerprint density at radius 1 is 1.41 bits per heavy atom. The molecule has 1 unspecified atom stereocenters. The first-order valence-corrected chi connectivity index (χ1v) is 9.19. The summed E-state index contributed by atoms with van der Waals surface area (Å²) < 4.78 is 1.13. The van der Waals surface area contributed by atoms with Crippen LogP contribution < -0.4 is 5.32 Å². The molecule has 3 nitrogen and oxygen atoms in total. The van der Waals surface area contributed by atoms with Crippen molar-refractivity contribution in [3.05, 3.63) is 33.8 Å². The number of nitrogens with one attached hydrogen (secondary N) is 1. The Morgan fingerprint density at radius 3 is 2.95 bits per heavy atom. The van der Waals surface area contributed by atoms with Gasteiger partial charge in [0.25, 0.3) is 0 Å². The van der Waals surface area contributed by atoms with Gasteiger partial charge < -0.3 is 10.2 Å². The van der Waals surface area contributed by atoms with Crippen LogP contribution in [0.25, 0.3) is 0 Å². The predicted octanol–water partition coefficient (Wildman–Crippen LogP) is 3.36. The lowest BCUT2D eigenvalue weighted by Crippen LogP contribution is -2.38. The SMILES string of the molecule is CC(CC(=O)N1CCc2cccc(Br)c2C1)C1CCNCC1. The lowest BCUT2D eigenvalue weighted by Gasteiger charge is -2.33. The van der Waals surface area contributed by atoms with E-state index in [1.54, 1.807) is 0 Å². The lowest BCUT2D eigenvalue weighted by molar-refractivity contribution is -0.133. The molecule has 1 N–H and O–H groups in total. The number of nitrogens with zero attached hydrogens (tertiary/aromatic N) is 1. The molecule has 0 saturated carbocycles. The normalized spacial score (nSPS) is 20.5. The van der Waals surface area contributed by atoms with Crippen molar-refractivity contribution >= 4 is 21.8 Å². The molecule has 120 valence electrons. The van der Waals surface area contributed by atoms with Crippen LogP contribution in [-0.2, 0) is 17.8 Å². The van der Waals surface area contributed by atoms with E-state index in [4.69, 9.17) is 0 Å². The van der Waals surface area contributed by atoms with Crippen LogP contribution in [0.3, 0.4) is 0 Å². The summed E-state index contributed by atoms with van der Waals surface area (Å²) in [6, 6.07) is 6.34. The lowest BCUT2D eigenvalue weighted by atomic mass is 9.83. The first-order valence-electron chi connectivity index (χ1n) is 8.40. The van der Waals surface area contributed by atoms with E-state index in [0.717, 1.165) is 37.1 Å². The molecule has 4 heteroatoms. The monoisotopic (exact) mass is 364 g/mol. The third-order valence-corrected chi connectivity index (χ3v) is 6.00. The fraction of sp³-hybridized carbons (Fsp3) is 0.611. The number of hydrogen-bond acceptors (Lipinski definition) is 2. The Balaban J connectivity index is 1.60. The maximum absolute atomic E-state index is 12.7. The predicted molar refractivity (Wildman–Crippen MR) is 92.6 cm³/mol. The van der Waals surface area contributed by atoms with E-state index >= 15 is 0 Å². The fourth-order valence-electron chi connectivity index (χ4n) is 3.74. The highest BCUT2D eigenvalue weighted by atomic mass is 79.9. The smallest absolute Gasteiger partial charge is 0.223 e. The number of hydrogen-bond donors (Lipinski definition) is 1. The van der Waals surface area contributed by atoms with Gasteiger partial charge in [-0.25, -0.2) is 0 Å². The molecule has 0 aliphatic carbocycles. The second kappa shape index (κ2) is 7.14. The van der Waals surface area contributed by atoms with E-state index in [2.05, 4.69) is 46.4 Å². The van der Waals surface area contributed by atoms with Gasteiger partial charge in [-0.2, -0.15) is 0 Å². The summed E-state index contributed by atoms with van der Waals surface area (Å²) >= 11 is 3.63. The van der Waals surface area contributed by atoms with Crippen LogP contribution in [-0.4, -0.2) is 30.4 Å². The second-order valence-corrected chi connectivity index (χ2v) is 7.57. The summed E-state index contributed by atoms with van der Waals surface area (Å²) in [6.07, 6.45) is 4.10. The molecule has 0 aromatic heterocycles. The first kappa shape index (κ1) is 16.0. The van der Waals surface area contributed by atoms with Crippen molar-refractivity contribution in [2.75, 3.05) is 19.6 Å². The zero-order valence-electron chi connectivity index (χ0n) is 13.3. The minimum Gasteiger partial charge on any atom is -0.338 e. The maximum atomic E-state index is 12.7. The molecule has 1 atom stereocenters. The average Bonchev–Trinajstić information content (AvgIpc) is 2.55. The van der Waals surface area contributed by atoms with Crippen LogP contribution in [0.5, 0.6) is 0 Å². The maximum Gasteiger partial charge on any atom is 0.223 e. The van der Waals surface area contributed by atoms with Gasteiger partial charge in [-0.05, 0) is 61.4 Å². The van der Waals surface area contributed by atoms with Crippen molar-refractivity contribution in [1.29, 1.82) is 0 Å². The number of rotatable bonds is 3. The number of carbonyl (C=O) groups is 1. The molecular formula is C18H25BrN2O. The molecule has 0 bridgehead atoms. The highest BCUT2D eigenvalue weighted by Gasteiger charge is 2.26. The molecule has 1 aromatic carbocycles. The van der Waals surface area contributed by atoms with Crippen LogP contribution in [0.2, 0.25) is 0 Å². The molecule has 0 radical (unpaired) electrons. The topological polar surface area (TPSA) is 32.3 Å². The molecular weight excluding hydrogens is 340 g/mol. The molecule has 1 saturated heterocycles. The molecule has 1 fully saturated rings. The van der Waals surface area contributed by atoms with E-state index in [-0.39, 0.29) is 0 Å². The fourth-order valence-corrected chi connectivity index (χ4v) is 4.27. The number of halogens is 1. The van der Waals surface area contributed by atoms with Crippen molar-refractivity contribution in [1.82, 2.24) is 10.2 Å². The number of fused-ring (bicyclic) bond motifs is 1. The summed E-state index contributed by atoms with van der Waals surface area (Å²) in [4.78, 5) is 14.7. The molecule has 1 amide bonds. The minimum atomic E-state index is 0.326. The van der Waals surface area contributed by atoms with Crippen LogP contribution >= 0.6 is 15.9 Å². The zero-order valence-corrected chi connectivity index (χ0v) is 14.9. The van der Waals surface area contributed by atoms with Crippen LogP contribution in [0.15, 0.2) is 22.7 Å². The van der Waals surface area contributed by atoms with E-state index in [1.807, 2.05) is 4.90 Å². The van der Waals surface area contributed by atoms with Gasteiger partial charge >= 0.3 is 0 Å². The Kier molecular flexibility index (Phi) is 5.19. The number of carbonyl (C=O) groups excluding carboxylic acids is 1. The van der Waals surface area contributed by atoms with E-state index in [0.29, 0.717) is 24.2 Å². The van der Waals surface area contributed by atoms with Crippen LogP contribution in [0.4, 0.5) is 0 Å². The quantitative estimate of drug-likeness (QED) is 0.891. The molecule has 3 rings (SSSR count). The minimum absolute atomic E-state index is 0.326. The van der Waals surface area contributed by atoms with Gasteiger partial charge in [0.2, 0.25) is 5.91 Å². The Hall–Kier alpha value is -0.870. The summed E-state index contributed by atoms with van der Waals surface area (Å²) in [7, 11) is 0. The zero-order chi connectivity index (χ0) is 15.5. The van der Waals surface area contributed by atoms with Crippen LogP contribution in [0, 0.1) is 11.8 Å². The molecule has 1 aromatic rings. The highest BCUT2D eigenvalue weighted by molar-refractivity contribution is 9.10. The van der Waals surface area contributed by atoms with Gasteiger partial charge in [-0.15, -0.1) is 0 Å². The van der Waals surface area contributed by atoms with E-state index in [1.165, 1.54) is 24.0 Å². The standard InChI is InChI=1S/C18H25BrN2O/c1-13(14-5-8-20-9-6-14)11-18(22)21-10-7-15-3-2-4-17(19)16(15)12-21/h2-4,13-14,20H,5-12H2,1H3. The van der Waals surface area contributed by atoms with E-state index < -0.39 is 0 Å². The van der Waals surface area contributed by atoms with Crippen molar-refractivity contribution in [3.63, 3.8) is 0 Å². The molecule has 2 aliphatic rings. The second-order valence-electron chi connectivity index (χ2n) is 6.71. The highest BCUT2D eigenvalue weighted by Crippen LogP contribution is 2.29. The van der Waals surface area contributed by atoms with Gasteiger partial charge in [-0.1, -0.05) is 35.0 Å². The van der Waals surface area contributed by atoms with Crippen molar-refractivity contribution in [2.45, 2.75) is 39.2 Å². The molecule has 2 aliphatic heterocycles. The van der Waals surface area contributed by atoms with Gasteiger partial charge in [-0.3, -0.25) is 4.79 Å². The first-order chi connectivity index (χ1) is 10.6. The summed E-state index contributed by atoms with van der Waals surface area (Å²) in [5.74, 6) is 1.52. The summed E-state index contributed by atoms with van der Waals surface area (Å²) in [6.45, 7) is 6.08. The third-order valence-electron chi connectivity index (χ3n) is 5.25. The Morgan fingerprint density at radius 2 is 2.18 bits per heavy atom. The Labute approximate surface area is 141 Å². The largest absolute Gasteiger partial charge is 0.338 e. The van der Waals surface area contributed by atoms with Gasteiger partial charge in [0.05, 0.1) is 0 Å². The number of benzene rings is 1. The van der Waals surface area contributed by atoms with E-state index in [9.17, 15) is 4.79 Å². The molecule has 0 spiro atoms. The van der Waals surface area contributed by atoms with Crippen LogP contribution in [0.1, 0.15) is 37.3 Å². The number of piperidine rings is 1. The Bertz CT molecular complexity index is 540. The summed E-state index contributed by atoms with van der Waals surface area (Å²) in [5.41, 5.74) is 2.67. The van der Waals surface area contributed by atoms with Gasteiger partial charge in [0.1, 0.15) is 0 Å². The van der Waals surface area contributed by atoms with Crippen molar-refractivity contribution in [3.8, 4) is 0 Å². The number of amides is 1. The van der Waals surface area contributed by atoms with Gasteiger partial charge in [0.15, 0.2) is 0 Å². The van der Waals surface area contributed by atoms with Crippen molar-refractivity contribution in [2.24, 2.45) is 11.8 Å². The molecule has 2 heterocycles. The van der Waals surface area contributed by atoms with Gasteiger partial charge in [0, 0.05) is 24.0 Å². The van der Waals surface area contributed by atoms with Crippen molar-refractivity contribution < 1.29 is 4.79 Å². The summed E-state index contributed by atoms with van der Waals surface area (Å²) in [5, 5.41) is 3.40.